The van der Waals surface area contributed by atoms with Gasteiger partial charge in [-0.25, -0.2) is 0 Å². The lowest BCUT2D eigenvalue weighted by atomic mass is 10.0. The highest BCUT2D eigenvalue weighted by Gasteiger charge is 2.35. The minimum Gasteiger partial charge on any atom is -0.368 e. The first-order valence-electron chi connectivity index (χ1n) is 8.34. The lowest BCUT2D eigenvalue weighted by molar-refractivity contribution is -0.129. The Morgan fingerprint density at radius 2 is 2.00 bits per heavy atom. The highest BCUT2D eigenvalue weighted by Crippen LogP contribution is 2.16. The number of hydrogen-bond acceptors (Lipinski definition) is 4. The van der Waals surface area contributed by atoms with Crippen molar-refractivity contribution < 1.29 is 4.79 Å². The van der Waals surface area contributed by atoms with Gasteiger partial charge in [0.2, 0.25) is 5.91 Å². The molecule has 25 heavy (non-hydrogen) atoms. The van der Waals surface area contributed by atoms with E-state index in [4.69, 9.17) is 5.73 Å². The van der Waals surface area contributed by atoms with Crippen LogP contribution in [0.5, 0.6) is 0 Å². The SMILES string of the molecule is CN=C(NCCn1cc(C)cn1)N1CCN(C(C)(C)C(N)=O)CC1.I. The van der Waals surface area contributed by atoms with Gasteiger partial charge in [0, 0.05) is 46.0 Å². The molecule has 0 aliphatic carbocycles. The van der Waals surface area contributed by atoms with Crippen LogP contribution in [0.15, 0.2) is 17.4 Å². The summed E-state index contributed by atoms with van der Waals surface area (Å²) < 4.78 is 1.92. The third-order valence-corrected chi connectivity index (χ3v) is 4.57. The first kappa shape index (κ1) is 21.7. The van der Waals surface area contributed by atoms with E-state index in [1.165, 1.54) is 0 Å². The van der Waals surface area contributed by atoms with E-state index in [1.54, 1.807) is 7.05 Å². The summed E-state index contributed by atoms with van der Waals surface area (Å²) in [4.78, 5) is 20.3. The average molecular weight is 463 g/mol. The van der Waals surface area contributed by atoms with Gasteiger partial charge in [-0.1, -0.05) is 0 Å². The lowest BCUT2D eigenvalue weighted by Gasteiger charge is -2.43. The normalized spacial score (nSPS) is 16.5. The van der Waals surface area contributed by atoms with Gasteiger partial charge in [-0.2, -0.15) is 5.10 Å². The quantitative estimate of drug-likeness (QED) is 0.372. The molecule has 3 N–H and O–H groups in total. The van der Waals surface area contributed by atoms with E-state index < -0.39 is 5.54 Å². The molecule has 142 valence electrons. The van der Waals surface area contributed by atoms with Crippen molar-refractivity contribution in [3.63, 3.8) is 0 Å². The van der Waals surface area contributed by atoms with Gasteiger partial charge in [0.1, 0.15) is 0 Å². The van der Waals surface area contributed by atoms with Crippen molar-refractivity contribution >= 4 is 35.8 Å². The molecule has 0 atom stereocenters. The van der Waals surface area contributed by atoms with Gasteiger partial charge in [0.15, 0.2) is 5.96 Å². The maximum Gasteiger partial charge on any atom is 0.237 e. The molecular weight excluding hydrogens is 433 g/mol. The van der Waals surface area contributed by atoms with Crippen molar-refractivity contribution in [3.05, 3.63) is 18.0 Å². The van der Waals surface area contributed by atoms with Gasteiger partial charge in [-0.15, -0.1) is 24.0 Å². The van der Waals surface area contributed by atoms with Gasteiger partial charge >= 0.3 is 0 Å². The Labute approximate surface area is 166 Å². The van der Waals surface area contributed by atoms with E-state index >= 15 is 0 Å². The number of carbonyl (C=O) groups is 1. The molecule has 0 aromatic carbocycles. The zero-order valence-corrected chi connectivity index (χ0v) is 17.9. The number of nitrogens with one attached hydrogen (secondary N) is 1. The molecule has 1 aliphatic rings. The fourth-order valence-corrected chi connectivity index (χ4v) is 2.84. The summed E-state index contributed by atoms with van der Waals surface area (Å²) in [6, 6.07) is 0. The molecule has 1 aromatic rings. The number of aliphatic imine (C=N–C) groups is 1. The van der Waals surface area contributed by atoms with Crippen molar-refractivity contribution in [1.82, 2.24) is 24.9 Å². The van der Waals surface area contributed by atoms with Crippen LogP contribution in [-0.2, 0) is 11.3 Å². The number of aryl methyl sites for hydroxylation is 1. The maximum atomic E-state index is 11.6. The number of nitrogens with zero attached hydrogens (tertiary/aromatic N) is 5. The Kier molecular flexibility index (Phi) is 8.13. The van der Waals surface area contributed by atoms with Crippen LogP contribution in [0.2, 0.25) is 0 Å². The van der Waals surface area contributed by atoms with E-state index in [2.05, 4.69) is 25.2 Å². The molecule has 0 saturated carbocycles. The van der Waals surface area contributed by atoms with Crippen molar-refractivity contribution in [2.24, 2.45) is 10.7 Å². The predicted octanol–water partition coefficient (Wildman–Crippen LogP) is 0.266. The van der Waals surface area contributed by atoms with Crippen LogP contribution in [-0.4, -0.2) is 76.8 Å². The zero-order valence-electron chi connectivity index (χ0n) is 15.5. The second kappa shape index (κ2) is 9.37. The minimum atomic E-state index is -0.610. The number of nitrogens with two attached hydrogens (primary N) is 1. The first-order valence-corrected chi connectivity index (χ1v) is 8.34. The monoisotopic (exact) mass is 463 g/mol. The molecule has 8 nitrogen and oxygen atoms in total. The Hall–Kier alpha value is -1.36. The molecule has 2 heterocycles. The molecule has 1 saturated heterocycles. The summed E-state index contributed by atoms with van der Waals surface area (Å²) in [5.41, 5.74) is 6.06. The first-order chi connectivity index (χ1) is 11.3. The van der Waals surface area contributed by atoms with Crippen LogP contribution in [0.3, 0.4) is 0 Å². The van der Waals surface area contributed by atoms with E-state index in [-0.39, 0.29) is 29.9 Å². The third-order valence-electron chi connectivity index (χ3n) is 4.57. The zero-order chi connectivity index (χ0) is 17.7. The largest absolute Gasteiger partial charge is 0.368 e. The van der Waals surface area contributed by atoms with Crippen LogP contribution in [0.25, 0.3) is 0 Å². The van der Waals surface area contributed by atoms with Crippen LogP contribution in [0.4, 0.5) is 0 Å². The van der Waals surface area contributed by atoms with E-state index in [1.807, 2.05) is 37.8 Å². The molecular formula is C16H30IN7O. The Bertz CT molecular complexity index is 591. The molecule has 1 aliphatic heterocycles. The lowest BCUT2D eigenvalue weighted by Crippen LogP contribution is -2.61. The summed E-state index contributed by atoms with van der Waals surface area (Å²) in [7, 11) is 1.79. The molecule has 0 bridgehead atoms. The van der Waals surface area contributed by atoms with Gasteiger partial charge in [-0.3, -0.25) is 19.4 Å². The standard InChI is InChI=1S/C16H29N7O.HI/c1-13-11-20-23(12-13)6-5-19-15(18-4)21-7-9-22(10-8-21)16(2,3)14(17)24;/h11-12H,5-10H2,1-4H3,(H2,17,24)(H,18,19);1H. The number of aromatic nitrogens is 2. The van der Waals surface area contributed by atoms with Crippen LogP contribution in [0.1, 0.15) is 19.4 Å². The van der Waals surface area contributed by atoms with Gasteiger partial charge < -0.3 is 16.0 Å². The van der Waals surface area contributed by atoms with Crippen LogP contribution in [0, 0.1) is 6.92 Å². The number of halogens is 1. The number of rotatable bonds is 5. The number of guanidine groups is 1. The molecule has 2 rings (SSSR count). The van der Waals surface area contributed by atoms with Crippen molar-refractivity contribution in [2.75, 3.05) is 39.8 Å². The second-order valence-corrected chi connectivity index (χ2v) is 6.65. The molecule has 0 radical (unpaired) electrons. The number of primary amides is 1. The summed E-state index contributed by atoms with van der Waals surface area (Å²) in [6.07, 6.45) is 3.88. The number of hydrogen-bond donors (Lipinski definition) is 2. The summed E-state index contributed by atoms with van der Waals surface area (Å²) in [5.74, 6) is 0.600. The van der Waals surface area contributed by atoms with Crippen LogP contribution < -0.4 is 11.1 Å². The van der Waals surface area contributed by atoms with Crippen LogP contribution >= 0.6 is 24.0 Å². The van der Waals surface area contributed by atoms with Crippen molar-refractivity contribution in [3.8, 4) is 0 Å². The smallest absolute Gasteiger partial charge is 0.237 e. The number of carbonyl (C=O) groups excluding carboxylic acids is 1. The molecule has 0 unspecified atom stereocenters. The summed E-state index contributed by atoms with van der Waals surface area (Å²) in [6.45, 7) is 10.6. The highest BCUT2D eigenvalue weighted by molar-refractivity contribution is 14.0. The Morgan fingerprint density at radius 3 is 2.48 bits per heavy atom. The highest BCUT2D eigenvalue weighted by atomic mass is 127. The van der Waals surface area contributed by atoms with E-state index in [0.29, 0.717) is 0 Å². The molecule has 1 amide bonds. The second-order valence-electron chi connectivity index (χ2n) is 6.65. The molecule has 9 heteroatoms. The molecule has 0 spiro atoms. The number of piperazine rings is 1. The van der Waals surface area contributed by atoms with Gasteiger partial charge in [0.05, 0.1) is 18.3 Å². The minimum absolute atomic E-state index is 0. The topological polar surface area (TPSA) is 91.8 Å². The van der Waals surface area contributed by atoms with E-state index in [0.717, 1.165) is 50.8 Å². The fraction of sp³-hybridized carbons (Fsp3) is 0.688. The average Bonchev–Trinajstić information content (AvgIpc) is 2.97. The predicted molar refractivity (Wildman–Crippen MR) is 110 cm³/mol. The third kappa shape index (κ3) is 5.56. The number of amides is 1. The van der Waals surface area contributed by atoms with E-state index in [9.17, 15) is 4.79 Å². The van der Waals surface area contributed by atoms with Gasteiger partial charge in [0.25, 0.3) is 0 Å². The van der Waals surface area contributed by atoms with Crippen molar-refractivity contribution in [1.29, 1.82) is 0 Å². The molecule has 1 aromatic heterocycles. The summed E-state index contributed by atoms with van der Waals surface area (Å²) >= 11 is 0. The van der Waals surface area contributed by atoms with Gasteiger partial charge in [-0.05, 0) is 26.3 Å². The summed E-state index contributed by atoms with van der Waals surface area (Å²) in [5, 5.41) is 7.66. The fourth-order valence-electron chi connectivity index (χ4n) is 2.84. The van der Waals surface area contributed by atoms with Crippen molar-refractivity contribution in [2.45, 2.75) is 32.9 Å². The Balaban J connectivity index is 0.00000312. The molecule has 1 fully saturated rings. The Morgan fingerprint density at radius 1 is 1.36 bits per heavy atom. The maximum absolute atomic E-state index is 11.6.